The molecule has 0 spiro atoms. The average molecular weight is 506 g/mol. The lowest BCUT2D eigenvalue weighted by Gasteiger charge is -2.28. The quantitative estimate of drug-likeness (QED) is 0.413. The number of amides is 1. The SMILES string of the molecule is COc1cc(Br)c(Cl)c(-c2cccc(C3=CC4=NCC(C=O)C(=O)N4C=C3)c2Cl)c1. The van der Waals surface area contributed by atoms with Crippen LogP contribution in [-0.4, -0.2) is 36.6 Å². The van der Waals surface area contributed by atoms with Crippen molar-refractivity contribution in [2.75, 3.05) is 13.7 Å². The van der Waals surface area contributed by atoms with Crippen LogP contribution in [0.25, 0.3) is 16.7 Å². The number of carbonyl (C=O) groups is 2. The van der Waals surface area contributed by atoms with E-state index in [1.807, 2.05) is 24.3 Å². The molecule has 0 aliphatic carbocycles. The van der Waals surface area contributed by atoms with Gasteiger partial charge in [-0.05, 0) is 45.8 Å². The molecule has 4 rings (SSSR count). The second-order valence-corrected chi connectivity index (χ2v) is 8.31. The minimum Gasteiger partial charge on any atom is -0.497 e. The van der Waals surface area contributed by atoms with Gasteiger partial charge in [0.05, 0.1) is 23.7 Å². The van der Waals surface area contributed by atoms with Crippen LogP contribution in [0.1, 0.15) is 5.56 Å². The highest BCUT2D eigenvalue weighted by atomic mass is 79.9. The number of allylic oxidation sites excluding steroid dienone is 2. The number of carbonyl (C=O) groups excluding carboxylic acids is 2. The first-order valence-electron chi connectivity index (χ1n) is 8.99. The molecule has 2 aliphatic heterocycles. The van der Waals surface area contributed by atoms with Crippen LogP contribution in [0.2, 0.25) is 10.0 Å². The van der Waals surface area contributed by atoms with Crippen LogP contribution in [0.15, 0.2) is 58.1 Å². The first-order valence-corrected chi connectivity index (χ1v) is 10.5. The van der Waals surface area contributed by atoms with E-state index in [9.17, 15) is 9.59 Å². The van der Waals surface area contributed by atoms with Gasteiger partial charge in [-0.3, -0.25) is 14.7 Å². The van der Waals surface area contributed by atoms with Crippen molar-refractivity contribution in [1.29, 1.82) is 0 Å². The monoisotopic (exact) mass is 504 g/mol. The molecule has 0 radical (unpaired) electrons. The molecule has 5 nitrogen and oxygen atoms in total. The Balaban J connectivity index is 1.78. The molecule has 0 bridgehead atoms. The van der Waals surface area contributed by atoms with E-state index in [2.05, 4.69) is 20.9 Å². The van der Waals surface area contributed by atoms with Gasteiger partial charge in [-0.2, -0.15) is 0 Å². The van der Waals surface area contributed by atoms with E-state index in [-0.39, 0.29) is 12.5 Å². The largest absolute Gasteiger partial charge is 0.497 e. The highest BCUT2D eigenvalue weighted by molar-refractivity contribution is 9.10. The summed E-state index contributed by atoms with van der Waals surface area (Å²) in [7, 11) is 1.59. The number of methoxy groups -OCH3 is 1. The van der Waals surface area contributed by atoms with E-state index in [4.69, 9.17) is 27.9 Å². The predicted octanol–water partition coefficient (Wildman–Crippen LogP) is 5.40. The summed E-state index contributed by atoms with van der Waals surface area (Å²) in [5, 5.41) is 1.04. The number of nitrogens with zero attached hydrogens (tertiary/aromatic N) is 2. The summed E-state index contributed by atoms with van der Waals surface area (Å²) in [5.74, 6) is 0.109. The number of aliphatic imine (C=N–C) groups is 1. The third-order valence-electron chi connectivity index (χ3n) is 4.94. The summed E-state index contributed by atoms with van der Waals surface area (Å²) < 4.78 is 6.05. The Labute approximate surface area is 191 Å². The second-order valence-electron chi connectivity index (χ2n) is 6.70. The van der Waals surface area contributed by atoms with Crippen molar-refractivity contribution < 1.29 is 14.3 Å². The van der Waals surface area contributed by atoms with Gasteiger partial charge in [-0.1, -0.05) is 41.4 Å². The molecule has 1 atom stereocenters. The van der Waals surface area contributed by atoms with E-state index in [0.717, 1.165) is 22.3 Å². The Kier molecular flexibility index (Phi) is 5.82. The van der Waals surface area contributed by atoms with E-state index in [1.54, 1.807) is 31.5 Å². The van der Waals surface area contributed by atoms with Gasteiger partial charge in [0.15, 0.2) is 0 Å². The lowest BCUT2D eigenvalue weighted by molar-refractivity contribution is -0.133. The molecule has 2 aliphatic rings. The number of rotatable bonds is 4. The normalized spacial score (nSPS) is 17.9. The number of halogens is 3. The number of ether oxygens (including phenoxy) is 1. The Bertz CT molecular complexity index is 1160. The molecule has 0 N–H and O–H groups in total. The first kappa shape index (κ1) is 20.8. The zero-order valence-corrected chi connectivity index (χ0v) is 18.8. The highest BCUT2D eigenvalue weighted by Crippen LogP contribution is 2.42. The molecule has 0 saturated heterocycles. The maximum Gasteiger partial charge on any atom is 0.244 e. The second kappa shape index (κ2) is 8.38. The summed E-state index contributed by atoms with van der Waals surface area (Å²) in [6, 6.07) is 9.27. The summed E-state index contributed by atoms with van der Waals surface area (Å²) in [6.45, 7) is 0.146. The van der Waals surface area contributed by atoms with Gasteiger partial charge >= 0.3 is 0 Å². The van der Waals surface area contributed by atoms with Gasteiger partial charge in [0, 0.05) is 27.4 Å². The van der Waals surface area contributed by atoms with Crippen LogP contribution in [0.5, 0.6) is 5.75 Å². The molecular formula is C22H15BrCl2N2O3. The van der Waals surface area contributed by atoms with Crippen molar-refractivity contribution in [3.8, 4) is 16.9 Å². The fourth-order valence-corrected chi connectivity index (χ4v) is 4.34. The molecule has 30 heavy (non-hydrogen) atoms. The third kappa shape index (κ3) is 3.60. The number of amidine groups is 1. The number of hydrogen-bond acceptors (Lipinski definition) is 4. The Morgan fingerprint density at radius 2 is 1.97 bits per heavy atom. The number of benzene rings is 2. The zero-order valence-electron chi connectivity index (χ0n) is 15.7. The molecule has 2 aromatic carbocycles. The van der Waals surface area contributed by atoms with Crippen molar-refractivity contribution >= 4 is 62.7 Å². The summed E-state index contributed by atoms with van der Waals surface area (Å²) in [5.41, 5.74) is 3.05. The van der Waals surface area contributed by atoms with Gasteiger partial charge in [0.2, 0.25) is 5.91 Å². The van der Waals surface area contributed by atoms with Crippen LogP contribution >= 0.6 is 39.1 Å². The maximum absolute atomic E-state index is 12.3. The minimum absolute atomic E-state index is 0.146. The molecule has 0 fully saturated rings. The lowest BCUT2D eigenvalue weighted by Crippen LogP contribution is -2.43. The molecule has 1 unspecified atom stereocenters. The molecule has 2 aromatic rings. The van der Waals surface area contributed by atoms with E-state index in [1.165, 1.54) is 4.90 Å². The van der Waals surface area contributed by atoms with E-state index >= 15 is 0 Å². The van der Waals surface area contributed by atoms with Crippen molar-refractivity contribution in [2.45, 2.75) is 0 Å². The van der Waals surface area contributed by atoms with Gasteiger partial charge in [-0.25, -0.2) is 0 Å². The van der Waals surface area contributed by atoms with Gasteiger partial charge < -0.3 is 9.53 Å². The molecule has 152 valence electrons. The standard InChI is InChI=1S/C22H15BrCl2N2O3/c1-30-14-8-17(21(25)18(23)9-14)16-4-2-3-15(20(16)24)12-5-6-27-19(7-12)26-10-13(11-28)22(27)29/h2-9,11,13H,10H2,1H3. The van der Waals surface area contributed by atoms with Crippen LogP contribution < -0.4 is 4.74 Å². The molecular weight excluding hydrogens is 491 g/mol. The summed E-state index contributed by atoms with van der Waals surface area (Å²) in [6.07, 6.45) is 5.81. The summed E-state index contributed by atoms with van der Waals surface area (Å²) >= 11 is 16.8. The van der Waals surface area contributed by atoms with Crippen molar-refractivity contribution in [1.82, 2.24) is 4.90 Å². The minimum atomic E-state index is -0.742. The predicted molar refractivity (Wildman–Crippen MR) is 122 cm³/mol. The molecule has 0 saturated carbocycles. The number of aldehydes is 1. The van der Waals surface area contributed by atoms with E-state index < -0.39 is 5.92 Å². The number of hydrogen-bond donors (Lipinski definition) is 0. The fraction of sp³-hybridized carbons (Fsp3) is 0.136. The first-order chi connectivity index (χ1) is 14.4. The van der Waals surface area contributed by atoms with E-state index in [0.29, 0.717) is 32.4 Å². The Morgan fingerprint density at radius 1 is 1.20 bits per heavy atom. The lowest BCUT2D eigenvalue weighted by atomic mass is 9.96. The van der Waals surface area contributed by atoms with Crippen molar-refractivity contribution in [3.63, 3.8) is 0 Å². The molecule has 0 aromatic heterocycles. The van der Waals surface area contributed by atoms with Gasteiger partial charge in [-0.15, -0.1) is 0 Å². The average Bonchev–Trinajstić information content (AvgIpc) is 2.76. The zero-order chi connectivity index (χ0) is 21.4. The highest BCUT2D eigenvalue weighted by Gasteiger charge is 2.31. The summed E-state index contributed by atoms with van der Waals surface area (Å²) in [4.78, 5) is 29.1. The fourth-order valence-electron chi connectivity index (χ4n) is 3.35. The smallest absolute Gasteiger partial charge is 0.244 e. The topological polar surface area (TPSA) is 59.0 Å². The Morgan fingerprint density at radius 3 is 2.70 bits per heavy atom. The van der Waals surface area contributed by atoms with Crippen molar-refractivity contribution in [3.05, 3.63) is 68.8 Å². The van der Waals surface area contributed by atoms with Crippen LogP contribution in [0.3, 0.4) is 0 Å². The third-order valence-corrected chi connectivity index (χ3v) is 6.61. The maximum atomic E-state index is 12.3. The molecule has 1 amide bonds. The molecule has 8 heteroatoms. The van der Waals surface area contributed by atoms with Gasteiger partial charge in [0.25, 0.3) is 0 Å². The van der Waals surface area contributed by atoms with Gasteiger partial charge in [0.1, 0.15) is 23.8 Å². The molecule has 2 heterocycles. The van der Waals surface area contributed by atoms with Crippen LogP contribution in [0, 0.1) is 5.92 Å². The number of fused-ring (bicyclic) bond motifs is 1. The van der Waals surface area contributed by atoms with Crippen molar-refractivity contribution in [2.24, 2.45) is 10.9 Å². The Hall–Kier alpha value is -2.41. The van der Waals surface area contributed by atoms with Crippen LogP contribution in [-0.2, 0) is 9.59 Å². The van der Waals surface area contributed by atoms with Crippen LogP contribution in [0.4, 0.5) is 0 Å².